The Morgan fingerprint density at radius 3 is 2.65 bits per heavy atom. The molecule has 0 fully saturated rings. The molecule has 5 heteroatoms. The Balaban J connectivity index is 1.62. The molecule has 4 nitrogen and oxygen atoms in total. The van der Waals surface area contributed by atoms with E-state index in [9.17, 15) is 4.79 Å². The third-order valence-corrected chi connectivity index (χ3v) is 7.23. The fourth-order valence-corrected chi connectivity index (χ4v) is 5.78. The van der Waals surface area contributed by atoms with Gasteiger partial charge in [-0.05, 0) is 51.9 Å². The van der Waals surface area contributed by atoms with Crippen LogP contribution in [0.3, 0.4) is 0 Å². The molecule has 0 bridgehead atoms. The van der Waals surface area contributed by atoms with Gasteiger partial charge in [0.2, 0.25) is 6.79 Å². The number of rotatable bonds is 1. The number of allylic oxidation sites excluding steroid dienone is 1. The van der Waals surface area contributed by atoms with Crippen molar-refractivity contribution < 1.29 is 14.3 Å². The molecule has 156 valence electrons. The number of nitrogens with one attached hydrogen (secondary N) is 1. The molecule has 31 heavy (non-hydrogen) atoms. The summed E-state index contributed by atoms with van der Waals surface area (Å²) in [5, 5.41) is 6.07. The molecule has 0 amide bonds. The zero-order valence-corrected chi connectivity index (χ0v) is 19.0. The summed E-state index contributed by atoms with van der Waals surface area (Å²) < 4.78 is 12.1. The molecule has 0 radical (unpaired) electrons. The Morgan fingerprint density at radius 2 is 1.81 bits per heavy atom. The van der Waals surface area contributed by atoms with Crippen LogP contribution in [0.5, 0.6) is 11.5 Å². The molecule has 1 aliphatic carbocycles. The molecule has 0 saturated carbocycles. The van der Waals surface area contributed by atoms with Gasteiger partial charge in [0, 0.05) is 27.7 Å². The lowest BCUT2D eigenvalue weighted by atomic mass is 9.68. The van der Waals surface area contributed by atoms with Crippen LogP contribution in [0.2, 0.25) is 0 Å². The zero-order chi connectivity index (χ0) is 21.3. The highest BCUT2D eigenvalue weighted by molar-refractivity contribution is 9.10. The molecule has 3 aliphatic rings. The summed E-state index contributed by atoms with van der Waals surface area (Å²) >= 11 is 3.71. The number of hydrogen-bond acceptors (Lipinski definition) is 4. The van der Waals surface area contributed by atoms with Gasteiger partial charge >= 0.3 is 0 Å². The van der Waals surface area contributed by atoms with Crippen LogP contribution in [0.1, 0.15) is 43.9 Å². The number of benzene rings is 3. The second-order valence-electron chi connectivity index (χ2n) is 9.35. The molecule has 6 rings (SSSR count). The topological polar surface area (TPSA) is 47.6 Å². The first kappa shape index (κ1) is 18.9. The number of hydrogen-bond donors (Lipinski definition) is 1. The molecule has 3 aromatic carbocycles. The highest BCUT2D eigenvalue weighted by atomic mass is 79.9. The maximum absolute atomic E-state index is 13.5. The van der Waals surface area contributed by atoms with Crippen LogP contribution in [-0.2, 0) is 4.79 Å². The van der Waals surface area contributed by atoms with Gasteiger partial charge in [-0.2, -0.15) is 0 Å². The van der Waals surface area contributed by atoms with Crippen molar-refractivity contribution in [1.29, 1.82) is 0 Å². The third-order valence-electron chi connectivity index (χ3n) is 6.54. The van der Waals surface area contributed by atoms with Crippen molar-refractivity contribution in [3.05, 3.63) is 69.7 Å². The van der Waals surface area contributed by atoms with Gasteiger partial charge in [-0.3, -0.25) is 4.79 Å². The maximum Gasteiger partial charge on any atom is 0.231 e. The molecular weight excluding hydrogens is 454 g/mol. The van der Waals surface area contributed by atoms with Gasteiger partial charge < -0.3 is 14.8 Å². The van der Waals surface area contributed by atoms with Crippen LogP contribution in [-0.4, -0.2) is 12.6 Å². The number of carbonyl (C=O) groups is 1. The van der Waals surface area contributed by atoms with Crippen molar-refractivity contribution >= 4 is 43.7 Å². The van der Waals surface area contributed by atoms with E-state index in [1.54, 1.807) is 0 Å². The van der Waals surface area contributed by atoms with Crippen LogP contribution in [0, 0.1) is 5.41 Å². The van der Waals surface area contributed by atoms with Crippen molar-refractivity contribution in [2.45, 2.75) is 32.7 Å². The predicted molar refractivity (Wildman–Crippen MR) is 126 cm³/mol. The Kier molecular flexibility index (Phi) is 4.03. The Labute approximate surface area is 189 Å². The fraction of sp³-hybridized carbons (Fsp3) is 0.269. The van der Waals surface area contributed by atoms with Crippen molar-refractivity contribution in [1.82, 2.24) is 0 Å². The van der Waals surface area contributed by atoms with Crippen molar-refractivity contribution in [3.63, 3.8) is 0 Å². The molecular formula is C26H22BrNO3. The van der Waals surface area contributed by atoms with E-state index >= 15 is 0 Å². The highest BCUT2D eigenvalue weighted by Gasteiger charge is 2.41. The Morgan fingerprint density at radius 1 is 1.03 bits per heavy atom. The van der Waals surface area contributed by atoms with Gasteiger partial charge in [-0.1, -0.05) is 60.1 Å². The normalized spacial score (nSPS) is 21.0. The van der Waals surface area contributed by atoms with Gasteiger partial charge in [-0.25, -0.2) is 0 Å². The smallest absolute Gasteiger partial charge is 0.231 e. The summed E-state index contributed by atoms with van der Waals surface area (Å²) in [5.74, 6) is 1.66. The van der Waals surface area contributed by atoms with E-state index in [1.165, 1.54) is 21.9 Å². The van der Waals surface area contributed by atoms with Crippen LogP contribution < -0.4 is 14.8 Å². The molecule has 2 heterocycles. The first-order chi connectivity index (χ1) is 14.9. The van der Waals surface area contributed by atoms with Crippen molar-refractivity contribution in [2.24, 2.45) is 5.41 Å². The van der Waals surface area contributed by atoms with E-state index in [1.807, 2.05) is 12.1 Å². The van der Waals surface area contributed by atoms with E-state index < -0.39 is 0 Å². The molecule has 2 aliphatic heterocycles. The highest BCUT2D eigenvalue weighted by Crippen LogP contribution is 2.53. The van der Waals surface area contributed by atoms with Gasteiger partial charge in [0.1, 0.15) is 0 Å². The maximum atomic E-state index is 13.5. The zero-order valence-electron chi connectivity index (χ0n) is 17.4. The van der Waals surface area contributed by atoms with Crippen LogP contribution in [0.4, 0.5) is 5.69 Å². The lowest BCUT2D eigenvalue weighted by molar-refractivity contribution is -0.118. The minimum Gasteiger partial charge on any atom is -0.454 e. The fourth-order valence-electron chi connectivity index (χ4n) is 5.22. The van der Waals surface area contributed by atoms with Gasteiger partial charge in [0.15, 0.2) is 17.3 Å². The second-order valence-corrected chi connectivity index (χ2v) is 10.2. The second kappa shape index (κ2) is 6.60. The van der Waals surface area contributed by atoms with E-state index in [4.69, 9.17) is 9.47 Å². The van der Waals surface area contributed by atoms with Gasteiger partial charge in [0.05, 0.1) is 6.04 Å². The third kappa shape index (κ3) is 2.90. The van der Waals surface area contributed by atoms with E-state index in [0.717, 1.165) is 39.2 Å². The molecule has 1 atom stereocenters. The van der Waals surface area contributed by atoms with Crippen LogP contribution in [0.15, 0.2) is 58.6 Å². The largest absolute Gasteiger partial charge is 0.454 e. The van der Waals surface area contributed by atoms with Crippen LogP contribution in [0.25, 0.3) is 16.3 Å². The molecule has 0 unspecified atom stereocenters. The summed E-state index contributed by atoms with van der Waals surface area (Å²) in [6.45, 7) is 4.60. The number of Topliss-reactive ketones (excluding diaryl/α,β-unsaturated/α-hetero) is 1. The quantitative estimate of drug-likeness (QED) is 0.428. The minimum absolute atomic E-state index is 0.0713. The molecule has 0 saturated heterocycles. The van der Waals surface area contributed by atoms with Gasteiger partial charge in [-0.15, -0.1) is 0 Å². The lowest BCUT2D eigenvalue weighted by Gasteiger charge is -2.40. The predicted octanol–water partition coefficient (Wildman–Crippen LogP) is 6.64. The Hall–Kier alpha value is -2.79. The summed E-state index contributed by atoms with van der Waals surface area (Å²) in [4.78, 5) is 13.5. The SMILES string of the molecule is CC1(C)CC(=O)C2=C(C1)c1c(ccc3ccccc13)N[C@H]2c1cc2c(cc1Br)OCO2. The van der Waals surface area contributed by atoms with Crippen LogP contribution >= 0.6 is 15.9 Å². The standard InChI is InChI=1S/C26H22BrNO3/c1-26(2)11-17-23-15-6-4-3-5-14(15)7-8-19(23)28-25(24(17)20(29)12-26)16-9-21-22(10-18(16)27)31-13-30-21/h3-10,25,28H,11-13H2,1-2H3/t25-/m0/s1. The molecule has 1 N–H and O–H groups in total. The Bertz CT molecular complexity index is 1310. The average molecular weight is 476 g/mol. The van der Waals surface area contributed by atoms with Gasteiger partial charge in [0.25, 0.3) is 0 Å². The number of ether oxygens (including phenoxy) is 2. The summed E-state index contributed by atoms with van der Waals surface area (Å²) in [6.07, 6.45) is 1.42. The first-order valence-electron chi connectivity index (χ1n) is 10.6. The van der Waals surface area contributed by atoms with E-state index in [-0.39, 0.29) is 24.0 Å². The summed E-state index contributed by atoms with van der Waals surface area (Å²) in [5.41, 5.74) is 5.20. The molecule has 0 aromatic heterocycles. The first-order valence-corrected chi connectivity index (χ1v) is 11.3. The summed E-state index contributed by atoms with van der Waals surface area (Å²) in [7, 11) is 0. The number of fused-ring (bicyclic) bond motifs is 5. The number of ketones is 1. The van der Waals surface area contributed by atoms with Crippen molar-refractivity contribution in [2.75, 3.05) is 12.1 Å². The number of halogens is 1. The van der Waals surface area contributed by atoms with Crippen molar-refractivity contribution in [3.8, 4) is 11.5 Å². The van der Waals surface area contributed by atoms with E-state index in [2.05, 4.69) is 71.5 Å². The number of anilines is 1. The average Bonchev–Trinajstić information content (AvgIpc) is 3.18. The molecule has 0 spiro atoms. The monoisotopic (exact) mass is 475 g/mol. The lowest BCUT2D eigenvalue weighted by Crippen LogP contribution is -2.33. The van der Waals surface area contributed by atoms with E-state index in [0.29, 0.717) is 6.42 Å². The minimum atomic E-state index is -0.240. The molecule has 3 aromatic rings. The number of carbonyl (C=O) groups excluding carboxylic acids is 1. The summed E-state index contributed by atoms with van der Waals surface area (Å²) in [6, 6.07) is 16.4.